The average molecular weight is 393 g/mol. The Bertz CT molecular complexity index is 756. The summed E-state index contributed by atoms with van der Waals surface area (Å²) in [5, 5.41) is 0. The van der Waals surface area contributed by atoms with Crippen molar-refractivity contribution in [2.45, 2.75) is 6.54 Å². The van der Waals surface area contributed by atoms with Gasteiger partial charge in [-0.2, -0.15) is 0 Å². The molecule has 1 aliphatic rings. The van der Waals surface area contributed by atoms with Crippen LogP contribution in [0.15, 0.2) is 35.1 Å². The van der Waals surface area contributed by atoms with Crippen LogP contribution < -0.4 is 14.4 Å². The Morgan fingerprint density at radius 2 is 1.96 bits per heavy atom. The molecule has 2 amide bonds. The number of hydrogen-bond donors (Lipinski definition) is 0. The summed E-state index contributed by atoms with van der Waals surface area (Å²) >= 11 is 3.30. The van der Waals surface area contributed by atoms with Crippen LogP contribution in [0.3, 0.4) is 0 Å². The lowest BCUT2D eigenvalue weighted by atomic mass is 10.2. The number of carbonyl (C=O) groups excluding carboxylic acids is 1. The molecule has 1 aromatic heterocycles. The Morgan fingerprint density at radius 1 is 1.17 bits per heavy atom. The van der Waals surface area contributed by atoms with Crippen molar-refractivity contribution in [1.29, 1.82) is 0 Å². The molecule has 3 rings (SSSR count). The van der Waals surface area contributed by atoms with Crippen LogP contribution in [0, 0.1) is 0 Å². The van der Waals surface area contributed by atoms with Gasteiger partial charge >= 0.3 is 6.03 Å². The summed E-state index contributed by atoms with van der Waals surface area (Å²) in [6.45, 7) is 1.66. The zero-order valence-electron chi connectivity index (χ0n) is 13.4. The molecule has 1 aliphatic heterocycles. The largest absolute Gasteiger partial charge is 0.493 e. The molecule has 7 nitrogen and oxygen atoms in total. The number of urea groups is 1. The van der Waals surface area contributed by atoms with Gasteiger partial charge in [0, 0.05) is 25.8 Å². The number of rotatable bonds is 5. The topological polar surface area (TPSA) is 67.8 Å². The van der Waals surface area contributed by atoms with E-state index in [1.807, 2.05) is 18.2 Å². The van der Waals surface area contributed by atoms with Crippen LogP contribution in [0.1, 0.15) is 5.56 Å². The van der Waals surface area contributed by atoms with Gasteiger partial charge in [-0.25, -0.2) is 14.8 Å². The highest BCUT2D eigenvalue weighted by Crippen LogP contribution is 2.28. The smallest absolute Gasteiger partial charge is 0.327 e. The van der Waals surface area contributed by atoms with Gasteiger partial charge in [-0.3, -0.25) is 4.90 Å². The zero-order chi connectivity index (χ0) is 17.1. The maximum Gasteiger partial charge on any atom is 0.327 e. The zero-order valence-corrected chi connectivity index (χ0v) is 15.0. The number of ether oxygens (including phenoxy) is 2. The molecule has 1 aromatic carbocycles. The Labute approximate surface area is 148 Å². The number of carbonyl (C=O) groups is 1. The summed E-state index contributed by atoms with van der Waals surface area (Å²) in [7, 11) is 3.19. The first-order chi connectivity index (χ1) is 11.6. The highest BCUT2D eigenvalue weighted by Gasteiger charge is 2.31. The second-order valence-corrected chi connectivity index (χ2v) is 6.04. The van der Waals surface area contributed by atoms with Crippen molar-refractivity contribution in [3.05, 3.63) is 40.6 Å². The summed E-state index contributed by atoms with van der Waals surface area (Å²) in [4.78, 5) is 24.3. The number of anilines is 1. The lowest BCUT2D eigenvalue weighted by Crippen LogP contribution is -2.32. The molecule has 24 heavy (non-hydrogen) atoms. The summed E-state index contributed by atoms with van der Waals surface area (Å²) in [5.74, 6) is 1.72. The van der Waals surface area contributed by atoms with Crippen LogP contribution in [0.4, 0.5) is 10.7 Å². The van der Waals surface area contributed by atoms with E-state index in [4.69, 9.17) is 9.47 Å². The summed E-state index contributed by atoms with van der Waals surface area (Å²) in [6.07, 6.45) is 1.62. The number of nitrogens with zero attached hydrogens (tertiary/aromatic N) is 4. The molecule has 0 unspecified atom stereocenters. The van der Waals surface area contributed by atoms with Gasteiger partial charge in [0.2, 0.25) is 5.95 Å². The predicted octanol–water partition coefficient (Wildman–Crippen LogP) is 2.70. The Morgan fingerprint density at radius 3 is 2.67 bits per heavy atom. The number of methoxy groups -OCH3 is 2. The van der Waals surface area contributed by atoms with Crippen LogP contribution in [-0.2, 0) is 6.54 Å². The Balaban J connectivity index is 1.74. The van der Waals surface area contributed by atoms with Crippen molar-refractivity contribution < 1.29 is 14.3 Å². The van der Waals surface area contributed by atoms with E-state index in [2.05, 4.69) is 25.9 Å². The summed E-state index contributed by atoms with van der Waals surface area (Å²) in [6, 6.07) is 7.26. The number of hydrogen-bond acceptors (Lipinski definition) is 5. The van der Waals surface area contributed by atoms with Gasteiger partial charge < -0.3 is 14.4 Å². The molecular formula is C16H17BrN4O3. The predicted molar refractivity (Wildman–Crippen MR) is 92.4 cm³/mol. The molecule has 8 heteroatoms. The molecule has 2 aromatic rings. The van der Waals surface area contributed by atoms with E-state index in [1.54, 1.807) is 36.3 Å². The van der Waals surface area contributed by atoms with Gasteiger partial charge in [-0.05, 0) is 39.7 Å². The standard InChI is InChI=1S/C16H17BrN4O3/c1-23-12-4-3-11(9-13(12)24-2)10-20-7-8-21(16(20)22)15-18-6-5-14(17)19-15/h3-6,9H,7-8,10H2,1-2H3. The van der Waals surface area contributed by atoms with E-state index in [0.29, 0.717) is 41.7 Å². The average Bonchev–Trinajstić information content (AvgIpc) is 2.95. The minimum atomic E-state index is -0.108. The van der Waals surface area contributed by atoms with E-state index in [0.717, 1.165) is 5.56 Å². The van der Waals surface area contributed by atoms with Gasteiger partial charge in [0.15, 0.2) is 11.5 Å². The first kappa shape index (κ1) is 16.5. The SMILES string of the molecule is COc1ccc(CN2CCN(c3nccc(Br)n3)C2=O)cc1OC. The van der Waals surface area contributed by atoms with Crippen molar-refractivity contribution in [2.75, 3.05) is 32.2 Å². The highest BCUT2D eigenvalue weighted by molar-refractivity contribution is 9.10. The molecule has 126 valence electrons. The van der Waals surface area contributed by atoms with Gasteiger partial charge in [0.1, 0.15) is 4.60 Å². The Kier molecular flexibility index (Phi) is 4.84. The van der Waals surface area contributed by atoms with Crippen LogP contribution in [0.2, 0.25) is 0 Å². The van der Waals surface area contributed by atoms with Gasteiger partial charge in [-0.15, -0.1) is 0 Å². The van der Waals surface area contributed by atoms with Crippen molar-refractivity contribution in [3.8, 4) is 11.5 Å². The summed E-state index contributed by atoms with van der Waals surface area (Å²) < 4.78 is 11.2. The van der Waals surface area contributed by atoms with Crippen LogP contribution in [-0.4, -0.2) is 48.2 Å². The molecule has 0 bridgehead atoms. The van der Waals surface area contributed by atoms with Crippen LogP contribution in [0.5, 0.6) is 11.5 Å². The van der Waals surface area contributed by atoms with Crippen molar-refractivity contribution in [1.82, 2.24) is 14.9 Å². The fraction of sp³-hybridized carbons (Fsp3) is 0.312. The van der Waals surface area contributed by atoms with E-state index < -0.39 is 0 Å². The van der Waals surface area contributed by atoms with Gasteiger partial charge in [0.25, 0.3) is 0 Å². The second kappa shape index (κ2) is 7.04. The quantitative estimate of drug-likeness (QED) is 0.731. The second-order valence-electron chi connectivity index (χ2n) is 5.22. The molecule has 0 spiro atoms. The molecule has 0 N–H and O–H groups in total. The number of benzene rings is 1. The lowest BCUT2D eigenvalue weighted by molar-refractivity contribution is 0.218. The fourth-order valence-corrected chi connectivity index (χ4v) is 2.85. The van der Waals surface area contributed by atoms with E-state index in [-0.39, 0.29) is 6.03 Å². The van der Waals surface area contributed by atoms with Crippen LogP contribution in [0.25, 0.3) is 0 Å². The molecule has 0 saturated carbocycles. The third-order valence-corrected chi connectivity index (χ3v) is 4.21. The molecule has 1 saturated heterocycles. The molecule has 0 aliphatic carbocycles. The monoisotopic (exact) mass is 392 g/mol. The maximum absolute atomic E-state index is 12.6. The van der Waals surface area contributed by atoms with Gasteiger partial charge in [0.05, 0.1) is 14.2 Å². The maximum atomic E-state index is 12.6. The molecule has 0 radical (unpaired) electrons. The third-order valence-electron chi connectivity index (χ3n) is 3.77. The first-order valence-corrected chi connectivity index (χ1v) is 8.17. The lowest BCUT2D eigenvalue weighted by Gasteiger charge is -2.18. The minimum absolute atomic E-state index is 0.108. The van der Waals surface area contributed by atoms with E-state index in [1.165, 1.54) is 0 Å². The molecule has 0 atom stereocenters. The van der Waals surface area contributed by atoms with Crippen molar-refractivity contribution >= 4 is 27.9 Å². The third kappa shape index (κ3) is 3.28. The van der Waals surface area contributed by atoms with Crippen LogP contribution >= 0.6 is 15.9 Å². The molecule has 1 fully saturated rings. The molecule has 2 heterocycles. The van der Waals surface area contributed by atoms with Crippen molar-refractivity contribution in [3.63, 3.8) is 0 Å². The van der Waals surface area contributed by atoms with Gasteiger partial charge in [-0.1, -0.05) is 6.07 Å². The molecular weight excluding hydrogens is 376 g/mol. The normalized spacial score (nSPS) is 14.2. The number of aromatic nitrogens is 2. The summed E-state index contributed by atoms with van der Waals surface area (Å²) in [5.41, 5.74) is 0.970. The first-order valence-electron chi connectivity index (χ1n) is 7.38. The van der Waals surface area contributed by atoms with E-state index in [9.17, 15) is 4.79 Å². The van der Waals surface area contributed by atoms with E-state index >= 15 is 0 Å². The number of halogens is 1. The highest BCUT2D eigenvalue weighted by atomic mass is 79.9. The fourth-order valence-electron chi connectivity index (χ4n) is 2.57. The minimum Gasteiger partial charge on any atom is -0.493 e. The Hall–Kier alpha value is -2.35. The van der Waals surface area contributed by atoms with Crippen molar-refractivity contribution in [2.24, 2.45) is 0 Å². The number of amides is 2.